The zero-order valence-corrected chi connectivity index (χ0v) is 22.4. The summed E-state index contributed by atoms with van der Waals surface area (Å²) in [5.74, 6) is -0.780. The predicted molar refractivity (Wildman–Crippen MR) is 148 cm³/mol. The number of rotatable bonds is 7. The van der Waals surface area contributed by atoms with E-state index < -0.39 is 11.6 Å². The van der Waals surface area contributed by atoms with Gasteiger partial charge in [-0.1, -0.05) is 6.58 Å². The van der Waals surface area contributed by atoms with Gasteiger partial charge in [0.1, 0.15) is 23.8 Å². The van der Waals surface area contributed by atoms with Crippen LogP contribution in [0.15, 0.2) is 42.0 Å². The average molecular weight is 553 g/mol. The van der Waals surface area contributed by atoms with Gasteiger partial charge in [0.05, 0.1) is 17.9 Å². The number of aliphatic imine (C=N–C) groups is 1. The van der Waals surface area contributed by atoms with Crippen molar-refractivity contribution in [2.24, 2.45) is 10.7 Å². The molecule has 40 heavy (non-hydrogen) atoms. The molecule has 1 unspecified atom stereocenters. The van der Waals surface area contributed by atoms with Crippen molar-refractivity contribution in [1.29, 1.82) is 0 Å². The van der Waals surface area contributed by atoms with Crippen LogP contribution in [-0.2, 0) is 22.5 Å². The summed E-state index contributed by atoms with van der Waals surface area (Å²) < 4.78 is 39.0. The van der Waals surface area contributed by atoms with Crippen molar-refractivity contribution in [3.8, 4) is 5.75 Å². The third-order valence-electron chi connectivity index (χ3n) is 7.40. The summed E-state index contributed by atoms with van der Waals surface area (Å²) in [6, 6.07) is 3.33. The van der Waals surface area contributed by atoms with Crippen molar-refractivity contribution < 1.29 is 23.0 Å². The van der Waals surface area contributed by atoms with Gasteiger partial charge in [0.15, 0.2) is 17.4 Å². The number of halogens is 2. The quantitative estimate of drug-likeness (QED) is 0.412. The van der Waals surface area contributed by atoms with Gasteiger partial charge >= 0.3 is 0 Å². The molecule has 1 atom stereocenters. The number of nitrogens with zero attached hydrogens (tertiary/aromatic N) is 5. The van der Waals surface area contributed by atoms with E-state index in [1.165, 1.54) is 24.4 Å². The molecule has 1 aromatic heterocycles. The number of fused-ring (bicyclic) bond motifs is 1. The number of benzene rings is 1. The zero-order chi connectivity index (χ0) is 28.1. The van der Waals surface area contributed by atoms with Crippen LogP contribution in [0.3, 0.4) is 0 Å². The van der Waals surface area contributed by atoms with Crippen LogP contribution in [0.2, 0.25) is 0 Å². The number of allylic oxidation sites excluding steroid dienone is 1. The number of hydrogen-bond donors (Lipinski definition) is 1. The molecular formula is C29H34F2N6O3. The van der Waals surface area contributed by atoms with Crippen LogP contribution in [-0.4, -0.2) is 65.6 Å². The smallest absolute Gasteiger partial charge is 0.246 e. The van der Waals surface area contributed by atoms with Crippen LogP contribution in [0.1, 0.15) is 49.2 Å². The van der Waals surface area contributed by atoms with Gasteiger partial charge < -0.3 is 25.0 Å². The maximum Gasteiger partial charge on any atom is 0.246 e. The number of aromatic nitrogens is 2. The summed E-state index contributed by atoms with van der Waals surface area (Å²) in [6.07, 6.45) is 8.75. The molecule has 5 rings (SSSR count). The van der Waals surface area contributed by atoms with Crippen molar-refractivity contribution in [1.82, 2.24) is 14.9 Å². The second kappa shape index (κ2) is 12.5. The molecule has 3 aliphatic rings. The first-order valence-electron chi connectivity index (χ1n) is 13.7. The molecular weight excluding hydrogens is 518 g/mol. The molecule has 3 aliphatic heterocycles. The minimum atomic E-state index is -0.715. The van der Waals surface area contributed by atoms with Crippen molar-refractivity contribution in [2.45, 2.75) is 57.4 Å². The summed E-state index contributed by atoms with van der Waals surface area (Å²) >= 11 is 0. The van der Waals surface area contributed by atoms with Crippen LogP contribution in [0, 0.1) is 11.6 Å². The first-order valence-corrected chi connectivity index (χ1v) is 13.7. The number of anilines is 1. The Labute approximate surface area is 232 Å². The third kappa shape index (κ3) is 6.30. The SMILES string of the molecule is C=CC(=O)N1CCc2nc(N3CCC(Oc4ccc(F)cc4F)CC3)c(C(=C/N)/C=N/C3CCCCO3)nc2C1. The molecule has 2 fully saturated rings. The Balaban J connectivity index is 1.39. The molecule has 0 aliphatic carbocycles. The second-order valence-corrected chi connectivity index (χ2v) is 10.1. The minimum absolute atomic E-state index is 0.0437. The largest absolute Gasteiger partial charge is 0.487 e. The molecule has 1 aromatic carbocycles. The Hall–Kier alpha value is -3.86. The average Bonchev–Trinajstić information content (AvgIpc) is 2.98. The lowest BCUT2D eigenvalue weighted by molar-refractivity contribution is -0.126. The van der Waals surface area contributed by atoms with Crippen molar-refractivity contribution >= 4 is 23.5 Å². The van der Waals surface area contributed by atoms with Gasteiger partial charge in [0.2, 0.25) is 5.91 Å². The number of hydrogen-bond acceptors (Lipinski definition) is 8. The van der Waals surface area contributed by atoms with Crippen LogP contribution in [0.5, 0.6) is 5.75 Å². The maximum atomic E-state index is 14.1. The highest BCUT2D eigenvalue weighted by Crippen LogP contribution is 2.31. The van der Waals surface area contributed by atoms with Crippen molar-refractivity contribution in [3.05, 3.63) is 65.8 Å². The van der Waals surface area contributed by atoms with E-state index in [0.717, 1.165) is 31.0 Å². The molecule has 0 spiro atoms. The molecule has 2 aromatic rings. The molecule has 2 saturated heterocycles. The summed E-state index contributed by atoms with van der Waals surface area (Å²) in [5.41, 5.74) is 8.83. The van der Waals surface area contributed by atoms with E-state index in [0.29, 0.717) is 74.8 Å². The molecule has 0 radical (unpaired) electrons. The highest BCUT2D eigenvalue weighted by atomic mass is 19.1. The lowest BCUT2D eigenvalue weighted by atomic mass is 10.0. The topological polar surface area (TPSA) is 106 Å². The van der Waals surface area contributed by atoms with Crippen LogP contribution >= 0.6 is 0 Å². The third-order valence-corrected chi connectivity index (χ3v) is 7.40. The normalized spacial score (nSPS) is 20.4. The van der Waals surface area contributed by atoms with Crippen LogP contribution in [0.25, 0.3) is 5.57 Å². The lowest BCUT2D eigenvalue weighted by Crippen LogP contribution is -2.40. The standard InChI is InChI=1S/C29H34F2N6O3/c1-2-27(38)37-13-10-23-24(18-37)34-28(19(16-32)17-33-26-5-3-4-14-39-26)29(35-23)36-11-8-21(9-12-36)40-25-7-6-20(30)15-22(25)31/h2,6-7,15-17,21,26H,1,3-5,8-14,18,32H2/b19-16+,33-17+. The lowest BCUT2D eigenvalue weighted by Gasteiger charge is -2.35. The van der Waals surface area contributed by atoms with Crippen LogP contribution in [0.4, 0.5) is 14.6 Å². The van der Waals surface area contributed by atoms with Gasteiger partial charge in [-0.05, 0) is 37.5 Å². The molecule has 1 amide bonds. The predicted octanol–water partition coefficient (Wildman–Crippen LogP) is 3.77. The minimum Gasteiger partial charge on any atom is -0.487 e. The zero-order valence-electron chi connectivity index (χ0n) is 22.4. The summed E-state index contributed by atoms with van der Waals surface area (Å²) in [6.45, 7) is 6.33. The molecule has 9 nitrogen and oxygen atoms in total. The van der Waals surface area contributed by atoms with Crippen molar-refractivity contribution in [3.63, 3.8) is 0 Å². The number of carbonyl (C=O) groups excluding carboxylic acids is 1. The maximum absolute atomic E-state index is 14.1. The summed E-state index contributed by atoms with van der Waals surface area (Å²) in [5, 5.41) is 0. The highest BCUT2D eigenvalue weighted by molar-refractivity contribution is 6.10. The van der Waals surface area contributed by atoms with Crippen LogP contribution < -0.4 is 15.4 Å². The number of carbonyl (C=O) groups is 1. The van der Waals surface area contributed by atoms with Gasteiger partial charge in [0, 0.05) is 69.6 Å². The monoisotopic (exact) mass is 552 g/mol. The molecule has 4 heterocycles. The Morgan fingerprint density at radius 1 is 1.15 bits per heavy atom. The Morgan fingerprint density at radius 3 is 2.67 bits per heavy atom. The second-order valence-electron chi connectivity index (χ2n) is 10.1. The van der Waals surface area contributed by atoms with Gasteiger partial charge in [-0.3, -0.25) is 9.79 Å². The van der Waals surface area contributed by atoms with Gasteiger partial charge in [-0.15, -0.1) is 0 Å². The Bertz CT molecular complexity index is 1300. The fourth-order valence-electron chi connectivity index (χ4n) is 5.18. The first-order chi connectivity index (χ1) is 19.4. The van der Waals surface area contributed by atoms with E-state index >= 15 is 0 Å². The molecule has 11 heteroatoms. The van der Waals surface area contributed by atoms with E-state index in [-0.39, 0.29) is 24.0 Å². The molecule has 0 saturated carbocycles. The van der Waals surface area contributed by atoms with Gasteiger partial charge in [-0.2, -0.15) is 0 Å². The van der Waals surface area contributed by atoms with Crippen molar-refractivity contribution in [2.75, 3.05) is 31.1 Å². The van der Waals surface area contributed by atoms with E-state index in [4.69, 9.17) is 25.2 Å². The first kappa shape index (κ1) is 27.7. The van der Waals surface area contributed by atoms with Gasteiger partial charge in [0.25, 0.3) is 0 Å². The van der Waals surface area contributed by atoms with E-state index in [2.05, 4.69) is 16.5 Å². The fraction of sp³-hybridized carbons (Fsp3) is 0.448. The number of amides is 1. The van der Waals surface area contributed by atoms with E-state index in [1.807, 2.05) is 0 Å². The van der Waals surface area contributed by atoms with E-state index in [9.17, 15) is 13.6 Å². The number of nitrogens with two attached hydrogens (primary N) is 1. The number of ether oxygens (including phenoxy) is 2. The molecule has 2 N–H and O–H groups in total. The molecule has 212 valence electrons. The van der Waals surface area contributed by atoms with E-state index in [1.54, 1.807) is 11.1 Å². The Kier molecular flexibility index (Phi) is 8.69. The summed E-state index contributed by atoms with van der Waals surface area (Å²) in [7, 11) is 0. The highest BCUT2D eigenvalue weighted by Gasteiger charge is 2.29. The molecule has 0 bridgehead atoms. The fourth-order valence-corrected chi connectivity index (χ4v) is 5.18. The number of piperidine rings is 1. The summed E-state index contributed by atoms with van der Waals surface area (Å²) in [4.78, 5) is 30.7. The Morgan fingerprint density at radius 2 is 1.98 bits per heavy atom. The van der Waals surface area contributed by atoms with Gasteiger partial charge in [-0.25, -0.2) is 18.7 Å².